The Morgan fingerprint density at radius 1 is 1.20 bits per heavy atom. The van der Waals surface area contributed by atoms with Crippen molar-refractivity contribution in [3.05, 3.63) is 59.4 Å². The standard InChI is InChI=1S/C20H22N2O3/c1-25-19(24)20(15-5-3-2-4-6-15)10-12-22(13-20)18(23)16-9-11-21-17(16)14-7-8-14/h2-6,9,11,14,21H,7-8,10,12-13H2,1H3/t20-/m0/s1. The maximum Gasteiger partial charge on any atom is 0.318 e. The van der Waals surface area contributed by atoms with Gasteiger partial charge in [-0.25, -0.2) is 0 Å². The van der Waals surface area contributed by atoms with Gasteiger partial charge >= 0.3 is 5.97 Å². The van der Waals surface area contributed by atoms with Crippen molar-refractivity contribution in [2.24, 2.45) is 0 Å². The third-order valence-electron chi connectivity index (χ3n) is 5.45. The van der Waals surface area contributed by atoms with E-state index in [9.17, 15) is 9.59 Å². The molecule has 0 spiro atoms. The van der Waals surface area contributed by atoms with Gasteiger partial charge in [-0.05, 0) is 36.8 Å². The van der Waals surface area contributed by atoms with E-state index in [-0.39, 0.29) is 11.9 Å². The average Bonchev–Trinajstić information content (AvgIpc) is 3.21. The van der Waals surface area contributed by atoms with E-state index in [2.05, 4.69) is 4.98 Å². The van der Waals surface area contributed by atoms with Gasteiger partial charge < -0.3 is 14.6 Å². The highest BCUT2D eigenvalue weighted by molar-refractivity contribution is 5.97. The first-order chi connectivity index (χ1) is 12.2. The van der Waals surface area contributed by atoms with E-state index in [1.54, 1.807) is 4.90 Å². The van der Waals surface area contributed by atoms with Gasteiger partial charge in [-0.1, -0.05) is 30.3 Å². The number of methoxy groups -OCH3 is 1. The van der Waals surface area contributed by atoms with Gasteiger partial charge in [0.15, 0.2) is 0 Å². The number of hydrogen-bond acceptors (Lipinski definition) is 3. The van der Waals surface area contributed by atoms with Crippen LogP contribution in [0.1, 0.15) is 46.8 Å². The predicted octanol–water partition coefficient (Wildman–Crippen LogP) is 2.85. The molecule has 1 aromatic heterocycles. The van der Waals surface area contributed by atoms with Crippen LogP contribution in [0.3, 0.4) is 0 Å². The zero-order chi connectivity index (χ0) is 17.4. The topological polar surface area (TPSA) is 62.4 Å². The summed E-state index contributed by atoms with van der Waals surface area (Å²) >= 11 is 0. The van der Waals surface area contributed by atoms with Gasteiger partial charge in [0.05, 0.1) is 12.7 Å². The Labute approximate surface area is 147 Å². The number of nitrogens with one attached hydrogen (secondary N) is 1. The monoisotopic (exact) mass is 338 g/mol. The summed E-state index contributed by atoms with van der Waals surface area (Å²) in [5.74, 6) is 0.214. The molecule has 1 aromatic carbocycles. The van der Waals surface area contributed by atoms with Crippen molar-refractivity contribution in [2.75, 3.05) is 20.2 Å². The first-order valence-corrected chi connectivity index (χ1v) is 8.76. The number of aromatic nitrogens is 1. The molecule has 2 aromatic rings. The molecule has 1 saturated heterocycles. The lowest BCUT2D eigenvalue weighted by Crippen LogP contribution is -2.41. The molecule has 4 rings (SSSR count). The summed E-state index contributed by atoms with van der Waals surface area (Å²) in [6, 6.07) is 11.5. The van der Waals surface area contributed by atoms with Crippen molar-refractivity contribution in [2.45, 2.75) is 30.6 Å². The third kappa shape index (κ3) is 2.64. The third-order valence-corrected chi connectivity index (χ3v) is 5.45. The number of nitrogens with zero attached hydrogens (tertiary/aromatic N) is 1. The molecule has 2 aliphatic rings. The summed E-state index contributed by atoms with van der Waals surface area (Å²) in [7, 11) is 1.41. The first-order valence-electron chi connectivity index (χ1n) is 8.76. The lowest BCUT2D eigenvalue weighted by Gasteiger charge is -2.27. The number of carbonyl (C=O) groups is 2. The molecule has 0 bridgehead atoms. The maximum atomic E-state index is 13.0. The molecule has 5 heteroatoms. The second-order valence-electron chi connectivity index (χ2n) is 7.00. The van der Waals surface area contributed by atoms with Crippen LogP contribution in [0.2, 0.25) is 0 Å². The molecule has 1 amide bonds. The number of hydrogen-bond donors (Lipinski definition) is 1. The highest BCUT2D eigenvalue weighted by Crippen LogP contribution is 2.42. The van der Waals surface area contributed by atoms with Crippen LogP contribution in [-0.4, -0.2) is 42.0 Å². The number of likely N-dealkylation sites (tertiary alicyclic amines) is 1. The van der Waals surface area contributed by atoms with E-state index in [0.717, 1.165) is 29.7 Å². The Bertz CT molecular complexity index is 794. The number of ether oxygens (including phenoxy) is 1. The Morgan fingerprint density at radius 3 is 2.64 bits per heavy atom. The van der Waals surface area contributed by atoms with Crippen molar-refractivity contribution in [3.8, 4) is 0 Å². The smallest absolute Gasteiger partial charge is 0.318 e. The number of carbonyl (C=O) groups excluding carboxylic acids is 2. The average molecular weight is 338 g/mol. The number of H-pyrrole nitrogens is 1. The molecular weight excluding hydrogens is 316 g/mol. The van der Waals surface area contributed by atoms with E-state index in [4.69, 9.17) is 4.74 Å². The molecule has 0 radical (unpaired) electrons. The Kier molecular flexibility index (Phi) is 3.86. The van der Waals surface area contributed by atoms with Gasteiger partial charge in [0.25, 0.3) is 5.91 Å². The summed E-state index contributed by atoms with van der Waals surface area (Å²) in [4.78, 5) is 30.7. The minimum Gasteiger partial charge on any atom is -0.468 e. The van der Waals surface area contributed by atoms with Gasteiger partial charge in [-0.15, -0.1) is 0 Å². The van der Waals surface area contributed by atoms with Crippen LogP contribution in [0.5, 0.6) is 0 Å². The molecular formula is C20H22N2O3. The Balaban J connectivity index is 1.62. The van der Waals surface area contributed by atoms with Crippen molar-refractivity contribution >= 4 is 11.9 Å². The number of rotatable bonds is 4. The zero-order valence-corrected chi connectivity index (χ0v) is 14.3. The molecule has 2 heterocycles. The molecule has 1 aliphatic heterocycles. The first kappa shape index (κ1) is 15.9. The quantitative estimate of drug-likeness (QED) is 0.872. The van der Waals surface area contributed by atoms with E-state index < -0.39 is 5.41 Å². The van der Waals surface area contributed by atoms with Gasteiger partial charge in [0, 0.05) is 25.0 Å². The molecule has 2 fully saturated rings. The van der Waals surface area contributed by atoms with Gasteiger partial charge in [0.2, 0.25) is 0 Å². The van der Waals surface area contributed by atoms with Crippen molar-refractivity contribution < 1.29 is 14.3 Å². The second kappa shape index (κ2) is 6.06. The lowest BCUT2D eigenvalue weighted by molar-refractivity contribution is -0.147. The van der Waals surface area contributed by atoms with Crippen LogP contribution in [0.4, 0.5) is 0 Å². The fourth-order valence-electron chi connectivity index (χ4n) is 3.90. The summed E-state index contributed by atoms with van der Waals surface area (Å²) in [5, 5.41) is 0. The largest absolute Gasteiger partial charge is 0.468 e. The summed E-state index contributed by atoms with van der Waals surface area (Å²) in [6.07, 6.45) is 4.69. The number of amides is 1. The van der Waals surface area contributed by atoms with Gasteiger partial charge in [0.1, 0.15) is 5.41 Å². The minimum absolute atomic E-state index is 0.00450. The van der Waals surface area contributed by atoms with Crippen LogP contribution >= 0.6 is 0 Å². The van der Waals surface area contributed by atoms with Crippen molar-refractivity contribution in [3.63, 3.8) is 0 Å². The summed E-state index contributed by atoms with van der Waals surface area (Å²) in [6.45, 7) is 0.913. The van der Waals surface area contributed by atoms with Crippen molar-refractivity contribution in [1.82, 2.24) is 9.88 Å². The van der Waals surface area contributed by atoms with Gasteiger partial charge in [-0.2, -0.15) is 0 Å². The van der Waals surface area contributed by atoms with Gasteiger partial charge in [-0.3, -0.25) is 9.59 Å². The maximum absolute atomic E-state index is 13.0. The Hall–Kier alpha value is -2.56. The molecule has 5 nitrogen and oxygen atoms in total. The molecule has 1 saturated carbocycles. The van der Waals surface area contributed by atoms with Crippen LogP contribution in [-0.2, 0) is 14.9 Å². The highest BCUT2D eigenvalue weighted by atomic mass is 16.5. The molecule has 1 atom stereocenters. The molecule has 1 N–H and O–H groups in total. The summed E-state index contributed by atoms with van der Waals surface area (Å²) < 4.78 is 5.10. The predicted molar refractivity (Wildman–Crippen MR) is 93.4 cm³/mol. The molecule has 25 heavy (non-hydrogen) atoms. The molecule has 130 valence electrons. The highest BCUT2D eigenvalue weighted by Gasteiger charge is 2.48. The number of aromatic amines is 1. The zero-order valence-electron chi connectivity index (χ0n) is 14.3. The van der Waals surface area contributed by atoms with Crippen LogP contribution in [0.15, 0.2) is 42.6 Å². The van der Waals surface area contributed by atoms with Crippen LogP contribution < -0.4 is 0 Å². The van der Waals surface area contributed by atoms with Crippen molar-refractivity contribution in [1.29, 1.82) is 0 Å². The number of esters is 1. The SMILES string of the molecule is COC(=O)[C@@]1(c2ccccc2)CCN(C(=O)c2cc[nH]c2C2CC2)C1. The summed E-state index contributed by atoms with van der Waals surface area (Å²) in [5.41, 5.74) is 1.92. The van der Waals surface area contributed by atoms with E-state index >= 15 is 0 Å². The van der Waals surface area contributed by atoms with E-state index in [1.807, 2.05) is 42.6 Å². The fraction of sp³-hybridized carbons (Fsp3) is 0.400. The van der Waals surface area contributed by atoms with E-state index in [1.165, 1.54) is 7.11 Å². The lowest BCUT2D eigenvalue weighted by atomic mass is 9.79. The van der Waals surface area contributed by atoms with E-state index in [0.29, 0.717) is 25.4 Å². The van der Waals surface area contributed by atoms with Crippen LogP contribution in [0.25, 0.3) is 0 Å². The number of benzene rings is 1. The van der Waals surface area contributed by atoms with Crippen LogP contribution in [0, 0.1) is 0 Å². The molecule has 0 unspecified atom stereocenters. The fourth-order valence-corrected chi connectivity index (χ4v) is 3.90. The Morgan fingerprint density at radius 2 is 1.96 bits per heavy atom. The normalized spacial score (nSPS) is 22.8. The second-order valence-corrected chi connectivity index (χ2v) is 7.00. The minimum atomic E-state index is -0.776. The molecule has 1 aliphatic carbocycles.